The van der Waals surface area contributed by atoms with Crippen molar-refractivity contribution in [2.24, 2.45) is 5.73 Å². The zero-order chi connectivity index (χ0) is 20.7. The molecule has 2 N–H and O–H groups in total. The van der Waals surface area contributed by atoms with Gasteiger partial charge in [-0.2, -0.15) is 0 Å². The van der Waals surface area contributed by atoms with Gasteiger partial charge in [0.1, 0.15) is 23.7 Å². The van der Waals surface area contributed by atoms with Crippen molar-refractivity contribution in [2.75, 3.05) is 23.9 Å². The molecule has 3 aromatic heterocycles. The molecule has 0 fully saturated rings. The van der Waals surface area contributed by atoms with Crippen LogP contribution in [0.3, 0.4) is 0 Å². The SMILES string of the molecule is CCn1cnnc1-c1cccc(N2Cc3c(cc(N(C)C)nc3[C@H](C)N)C2=O)n1. The van der Waals surface area contributed by atoms with Crippen LogP contribution < -0.4 is 15.5 Å². The van der Waals surface area contributed by atoms with Gasteiger partial charge in [-0.1, -0.05) is 6.07 Å². The van der Waals surface area contributed by atoms with E-state index in [4.69, 9.17) is 10.7 Å². The first-order valence-electron chi connectivity index (χ1n) is 9.54. The Morgan fingerprint density at radius 2 is 2.07 bits per heavy atom. The summed E-state index contributed by atoms with van der Waals surface area (Å²) < 4.78 is 1.91. The van der Waals surface area contributed by atoms with E-state index in [-0.39, 0.29) is 11.9 Å². The molecule has 0 unspecified atom stereocenters. The molecule has 0 spiro atoms. The van der Waals surface area contributed by atoms with Crippen molar-refractivity contribution in [1.82, 2.24) is 24.7 Å². The van der Waals surface area contributed by atoms with Crippen molar-refractivity contribution in [3.05, 3.63) is 47.4 Å². The number of carbonyl (C=O) groups is 1. The van der Waals surface area contributed by atoms with Gasteiger partial charge in [-0.3, -0.25) is 9.69 Å². The number of carbonyl (C=O) groups excluding carboxylic acids is 1. The van der Waals surface area contributed by atoms with Crippen LogP contribution in [-0.2, 0) is 13.1 Å². The number of hydrogen-bond acceptors (Lipinski definition) is 7. The number of fused-ring (bicyclic) bond motifs is 1. The monoisotopic (exact) mass is 392 g/mol. The Bertz CT molecular complexity index is 1070. The van der Waals surface area contributed by atoms with E-state index in [1.165, 1.54) is 0 Å². The summed E-state index contributed by atoms with van der Waals surface area (Å²) in [6.45, 7) is 5.02. The van der Waals surface area contributed by atoms with Gasteiger partial charge >= 0.3 is 0 Å². The van der Waals surface area contributed by atoms with Gasteiger partial charge in [0.15, 0.2) is 5.82 Å². The number of aryl methyl sites for hydroxylation is 1. The van der Waals surface area contributed by atoms with Crippen LogP contribution in [0.25, 0.3) is 11.5 Å². The summed E-state index contributed by atoms with van der Waals surface area (Å²) in [7, 11) is 3.79. The third-order valence-electron chi connectivity index (χ3n) is 5.02. The summed E-state index contributed by atoms with van der Waals surface area (Å²) in [6.07, 6.45) is 1.67. The van der Waals surface area contributed by atoms with E-state index in [2.05, 4.69) is 15.2 Å². The van der Waals surface area contributed by atoms with Gasteiger partial charge in [0.25, 0.3) is 5.91 Å². The third kappa shape index (κ3) is 3.23. The molecule has 9 heteroatoms. The summed E-state index contributed by atoms with van der Waals surface area (Å²) in [5, 5.41) is 8.13. The molecule has 0 bridgehead atoms. The van der Waals surface area contributed by atoms with Gasteiger partial charge in [-0.15, -0.1) is 10.2 Å². The predicted molar refractivity (Wildman–Crippen MR) is 111 cm³/mol. The second-order valence-electron chi connectivity index (χ2n) is 7.29. The normalized spacial score (nSPS) is 14.2. The first kappa shape index (κ1) is 19.0. The summed E-state index contributed by atoms with van der Waals surface area (Å²) in [6, 6.07) is 7.11. The quantitative estimate of drug-likeness (QED) is 0.708. The predicted octanol–water partition coefficient (Wildman–Crippen LogP) is 2.00. The van der Waals surface area contributed by atoms with E-state index in [1.807, 2.05) is 61.7 Å². The van der Waals surface area contributed by atoms with Crippen LogP contribution in [0.1, 0.15) is 41.5 Å². The molecule has 150 valence electrons. The van der Waals surface area contributed by atoms with Crippen LogP contribution in [0.15, 0.2) is 30.6 Å². The van der Waals surface area contributed by atoms with Crippen molar-refractivity contribution in [3.63, 3.8) is 0 Å². The smallest absolute Gasteiger partial charge is 0.260 e. The Balaban J connectivity index is 1.75. The van der Waals surface area contributed by atoms with Crippen molar-refractivity contribution >= 4 is 17.5 Å². The molecule has 0 aliphatic carbocycles. The number of rotatable bonds is 5. The fraction of sp³-hybridized carbons (Fsp3) is 0.350. The molecule has 9 nitrogen and oxygen atoms in total. The van der Waals surface area contributed by atoms with Gasteiger partial charge in [0.2, 0.25) is 0 Å². The average Bonchev–Trinajstić information content (AvgIpc) is 3.32. The number of amides is 1. The van der Waals surface area contributed by atoms with Crippen molar-refractivity contribution in [2.45, 2.75) is 33.0 Å². The van der Waals surface area contributed by atoms with Gasteiger partial charge in [-0.25, -0.2) is 9.97 Å². The first-order valence-corrected chi connectivity index (χ1v) is 9.54. The molecule has 1 aliphatic heterocycles. The van der Waals surface area contributed by atoms with Crippen LogP contribution >= 0.6 is 0 Å². The van der Waals surface area contributed by atoms with E-state index in [0.717, 1.165) is 17.8 Å². The molecular formula is C20H24N8O. The van der Waals surface area contributed by atoms with E-state index >= 15 is 0 Å². The zero-order valence-corrected chi connectivity index (χ0v) is 17.0. The highest BCUT2D eigenvalue weighted by Gasteiger charge is 2.33. The van der Waals surface area contributed by atoms with Crippen molar-refractivity contribution < 1.29 is 4.79 Å². The second kappa shape index (κ2) is 7.25. The second-order valence-corrected chi connectivity index (χ2v) is 7.29. The number of nitrogens with two attached hydrogens (primary N) is 1. The average molecular weight is 392 g/mol. The van der Waals surface area contributed by atoms with E-state index in [9.17, 15) is 4.79 Å². The minimum absolute atomic E-state index is 0.103. The maximum absolute atomic E-state index is 13.2. The van der Waals surface area contributed by atoms with Crippen LogP contribution in [0.2, 0.25) is 0 Å². The lowest BCUT2D eigenvalue weighted by atomic mass is 10.0. The van der Waals surface area contributed by atoms with Gasteiger partial charge in [-0.05, 0) is 32.0 Å². The first-order chi connectivity index (χ1) is 13.9. The largest absolute Gasteiger partial charge is 0.363 e. The summed E-state index contributed by atoms with van der Waals surface area (Å²) >= 11 is 0. The zero-order valence-electron chi connectivity index (χ0n) is 17.0. The highest BCUT2D eigenvalue weighted by molar-refractivity contribution is 6.10. The topological polar surface area (TPSA) is 106 Å². The molecule has 29 heavy (non-hydrogen) atoms. The highest BCUT2D eigenvalue weighted by atomic mass is 16.2. The summed E-state index contributed by atoms with van der Waals surface area (Å²) in [5.41, 5.74) is 9.06. The number of pyridine rings is 2. The van der Waals surface area contributed by atoms with Crippen molar-refractivity contribution in [3.8, 4) is 11.5 Å². The van der Waals surface area contributed by atoms with Gasteiger partial charge < -0.3 is 15.2 Å². The fourth-order valence-corrected chi connectivity index (χ4v) is 3.48. The van der Waals surface area contributed by atoms with E-state index in [0.29, 0.717) is 35.3 Å². The lowest BCUT2D eigenvalue weighted by Crippen LogP contribution is -2.24. The molecule has 0 saturated carbocycles. The Morgan fingerprint density at radius 3 is 2.76 bits per heavy atom. The standard InChI is InChI=1S/C20H24N8O/c1-5-27-11-22-25-19(27)15-7-6-8-16(23-15)28-10-14-13(20(28)29)9-17(26(3)4)24-18(14)12(2)21/h6-9,11-12H,5,10,21H2,1-4H3/t12-/m0/s1. The number of nitrogens with zero attached hydrogens (tertiary/aromatic N) is 7. The summed E-state index contributed by atoms with van der Waals surface area (Å²) in [4.78, 5) is 26.1. The highest BCUT2D eigenvalue weighted by Crippen LogP contribution is 2.33. The number of anilines is 2. The van der Waals surface area contributed by atoms with Crippen LogP contribution in [-0.4, -0.2) is 44.7 Å². The lowest BCUT2D eigenvalue weighted by Gasteiger charge is -2.17. The molecular weight excluding hydrogens is 368 g/mol. The van der Waals surface area contributed by atoms with Crippen molar-refractivity contribution in [1.29, 1.82) is 0 Å². The maximum atomic E-state index is 13.2. The molecule has 4 heterocycles. The van der Waals surface area contributed by atoms with Crippen LogP contribution in [0.5, 0.6) is 0 Å². The molecule has 1 aliphatic rings. The molecule has 0 radical (unpaired) electrons. The Kier molecular flexibility index (Phi) is 4.75. The molecule has 0 aromatic carbocycles. The molecule has 3 aromatic rings. The lowest BCUT2D eigenvalue weighted by molar-refractivity contribution is 0.0996. The van der Waals surface area contributed by atoms with Gasteiger partial charge in [0.05, 0.1) is 17.8 Å². The van der Waals surface area contributed by atoms with E-state index < -0.39 is 0 Å². The molecule has 1 amide bonds. The minimum Gasteiger partial charge on any atom is -0.363 e. The minimum atomic E-state index is -0.279. The molecule has 4 rings (SSSR count). The van der Waals surface area contributed by atoms with Crippen LogP contribution in [0.4, 0.5) is 11.6 Å². The number of aromatic nitrogens is 5. The number of hydrogen-bond donors (Lipinski definition) is 1. The summed E-state index contributed by atoms with van der Waals surface area (Å²) in [5.74, 6) is 1.85. The Labute approximate surface area is 169 Å². The molecule has 0 saturated heterocycles. The van der Waals surface area contributed by atoms with Crippen LogP contribution in [0, 0.1) is 0 Å². The maximum Gasteiger partial charge on any atom is 0.260 e. The van der Waals surface area contributed by atoms with Gasteiger partial charge in [0, 0.05) is 32.2 Å². The fourth-order valence-electron chi connectivity index (χ4n) is 3.48. The van der Waals surface area contributed by atoms with E-state index in [1.54, 1.807) is 11.2 Å². The third-order valence-corrected chi connectivity index (χ3v) is 5.02. The Morgan fingerprint density at radius 1 is 1.28 bits per heavy atom. The Hall–Kier alpha value is -3.33. The molecule has 1 atom stereocenters.